The Labute approximate surface area is 197 Å². The van der Waals surface area contributed by atoms with Crippen LogP contribution < -0.4 is 10.6 Å². The second-order valence-electron chi connectivity index (χ2n) is 7.22. The van der Waals surface area contributed by atoms with Crippen molar-refractivity contribution in [2.24, 2.45) is 12.0 Å². The van der Waals surface area contributed by atoms with Gasteiger partial charge in [0.2, 0.25) is 0 Å². The van der Waals surface area contributed by atoms with E-state index in [0.717, 1.165) is 30.4 Å². The molecule has 5 nitrogen and oxygen atoms in total. The third-order valence-corrected chi connectivity index (χ3v) is 5.28. The molecular formula is C24H32IN5. The van der Waals surface area contributed by atoms with Gasteiger partial charge in [-0.3, -0.25) is 4.68 Å². The number of rotatable bonds is 7. The van der Waals surface area contributed by atoms with E-state index in [1.165, 1.54) is 16.7 Å². The molecule has 1 heterocycles. The SMILES string of the molecule is CCNC(=NCc1c(C)nn(C)c1C)NCC(c1ccccc1)c1ccccc1.I. The zero-order valence-corrected chi connectivity index (χ0v) is 20.6. The molecule has 0 unspecified atom stereocenters. The molecule has 2 aromatic carbocycles. The molecule has 0 radical (unpaired) electrons. The lowest BCUT2D eigenvalue weighted by atomic mass is 9.91. The van der Waals surface area contributed by atoms with Crippen molar-refractivity contribution >= 4 is 29.9 Å². The van der Waals surface area contributed by atoms with Crippen molar-refractivity contribution in [1.82, 2.24) is 20.4 Å². The summed E-state index contributed by atoms with van der Waals surface area (Å²) >= 11 is 0. The largest absolute Gasteiger partial charge is 0.357 e. The van der Waals surface area contributed by atoms with Crippen LogP contribution in [0.2, 0.25) is 0 Å². The van der Waals surface area contributed by atoms with Crippen molar-refractivity contribution in [3.8, 4) is 0 Å². The average molecular weight is 517 g/mol. The van der Waals surface area contributed by atoms with E-state index in [4.69, 9.17) is 4.99 Å². The van der Waals surface area contributed by atoms with Crippen LogP contribution in [0.25, 0.3) is 0 Å². The minimum absolute atomic E-state index is 0. The zero-order chi connectivity index (χ0) is 20.6. The van der Waals surface area contributed by atoms with Crippen LogP contribution in [-0.4, -0.2) is 28.8 Å². The van der Waals surface area contributed by atoms with Gasteiger partial charge >= 0.3 is 0 Å². The molecule has 0 aliphatic carbocycles. The van der Waals surface area contributed by atoms with Crippen molar-refractivity contribution in [2.45, 2.75) is 33.2 Å². The number of hydrogen-bond acceptors (Lipinski definition) is 2. The van der Waals surface area contributed by atoms with Gasteiger partial charge in [0.1, 0.15) is 0 Å². The Kier molecular flexibility index (Phi) is 9.36. The quantitative estimate of drug-likeness (QED) is 0.275. The highest BCUT2D eigenvalue weighted by Gasteiger charge is 2.15. The van der Waals surface area contributed by atoms with Crippen molar-refractivity contribution < 1.29 is 0 Å². The molecule has 0 spiro atoms. The van der Waals surface area contributed by atoms with Crippen molar-refractivity contribution in [1.29, 1.82) is 0 Å². The second-order valence-corrected chi connectivity index (χ2v) is 7.22. The Morgan fingerprint density at radius 3 is 2.00 bits per heavy atom. The van der Waals surface area contributed by atoms with E-state index < -0.39 is 0 Å². The maximum absolute atomic E-state index is 4.82. The van der Waals surface area contributed by atoms with E-state index in [0.29, 0.717) is 6.54 Å². The Morgan fingerprint density at radius 1 is 0.967 bits per heavy atom. The van der Waals surface area contributed by atoms with Gasteiger partial charge < -0.3 is 10.6 Å². The molecule has 6 heteroatoms. The molecule has 3 rings (SSSR count). The van der Waals surface area contributed by atoms with E-state index in [1.54, 1.807) is 0 Å². The van der Waals surface area contributed by atoms with Crippen molar-refractivity contribution in [3.63, 3.8) is 0 Å². The lowest BCUT2D eigenvalue weighted by Gasteiger charge is -2.20. The summed E-state index contributed by atoms with van der Waals surface area (Å²) in [5.41, 5.74) is 5.97. The Bertz CT molecular complexity index is 895. The molecule has 160 valence electrons. The summed E-state index contributed by atoms with van der Waals surface area (Å²) < 4.78 is 1.92. The highest BCUT2D eigenvalue weighted by Crippen LogP contribution is 2.23. The standard InChI is InChI=1S/C24H31N5.HI/c1-5-25-24(26-16-22-18(2)28-29(4)19(22)3)27-17-23(20-12-8-6-9-13-20)21-14-10-7-11-15-21;/h6-15,23H,5,16-17H2,1-4H3,(H2,25,26,27);1H. The molecule has 0 atom stereocenters. The molecule has 0 fully saturated rings. The number of halogens is 1. The van der Waals surface area contributed by atoms with Crippen LogP contribution in [0.3, 0.4) is 0 Å². The lowest BCUT2D eigenvalue weighted by Crippen LogP contribution is -2.39. The zero-order valence-electron chi connectivity index (χ0n) is 18.2. The van der Waals surface area contributed by atoms with Gasteiger partial charge in [-0.1, -0.05) is 60.7 Å². The Hall–Kier alpha value is -2.35. The smallest absolute Gasteiger partial charge is 0.191 e. The average Bonchev–Trinajstić information content (AvgIpc) is 2.99. The first-order chi connectivity index (χ1) is 14.1. The van der Waals surface area contributed by atoms with Gasteiger partial charge in [0.05, 0.1) is 12.2 Å². The first kappa shape index (κ1) is 23.9. The third-order valence-electron chi connectivity index (χ3n) is 5.28. The second kappa shape index (κ2) is 11.7. The van der Waals surface area contributed by atoms with Crippen LogP contribution in [0.4, 0.5) is 0 Å². The number of aryl methyl sites for hydroxylation is 2. The molecule has 0 aliphatic heterocycles. The fourth-order valence-corrected chi connectivity index (χ4v) is 3.54. The fraction of sp³-hybridized carbons (Fsp3) is 0.333. The number of guanidine groups is 1. The summed E-state index contributed by atoms with van der Waals surface area (Å²) in [7, 11) is 1.98. The minimum atomic E-state index is 0. The first-order valence-corrected chi connectivity index (χ1v) is 10.2. The molecule has 1 aromatic heterocycles. The number of aliphatic imine (C=N–C) groups is 1. The highest BCUT2D eigenvalue weighted by atomic mass is 127. The van der Waals surface area contributed by atoms with E-state index in [-0.39, 0.29) is 29.9 Å². The normalized spacial score (nSPS) is 11.3. The summed E-state index contributed by atoms with van der Waals surface area (Å²) in [5, 5.41) is 11.4. The monoisotopic (exact) mass is 517 g/mol. The predicted octanol–water partition coefficient (Wildman–Crippen LogP) is 4.54. The molecule has 0 saturated heterocycles. The predicted molar refractivity (Wildman–Crippen MR) is 136 cm³/mol. The molecule has 0 amide bonds. The molecule has 30 heavy (non-hydrogen) atoms. The van der Waals surface area contributed by atoms with Crippen LogP contribution in [0.15, 0.2) is 65.7 Å². The summed E-state index contributed by atoms with van der Waals surface area (Å²) in [6, 6.07) is 21.2. The molecule has 0 aliphatic rings. The van der Waals surface area contributed by atoms with E-state index >= 15 is 0 Å². The van der Waals surface area contributed by atoms with Crippen molar-refractivity contribution in [3.05, 3.63) is 88.7 Å². The molecule has 3 aromatic rings. The Morgan fingerprint density at radius 2 is 1.53 bits per heavy atom. The number of hydrogen-bond donors (Lipinski definition) is 2. The fourth-order valence-electron chi connectivity index (χ4n) is 3.54. The number of benzene rings is 2. The Balaban J connectivity index is 0.00000320. The highest BCUT2D eigenvalue weighted by molar-refractivity contribution is 14.0. The minimum Gasteiger partial charge on any atom is -0.357 e. The lowest BCUT2D eigenvalue weighted by molar-refractivity contribution is 0.726. The van der Waals surface area contributed by atoms with Gasteiger partial charge in [0, 0.05) is 37.3 Å². The molecule has 2 N–H and O–H groups in total. The maximum Gasteiger partial charge on any atom is 0.191 e. The van der Waals surface area contributed by atoms with Gasteiger partial charge in [-0.05, 0) is 31.9 Å². The van der Waals surface area contributed by atoms with Gasteiger partial charge in [0.15, 0.2) is 5.96 Å². The van der Waals surface area contributed by atoms with Crippen LogP contribution in [-0.2, 0) is 13.6 Å². The third kappa shape index (κ3) is 6.08. The molecule has 0 bridgehead atoms. The summed E-state index contributed by atoms with van der Waals surface area (Å²) in [6.45, 7) is 8.42. The van der Waals surface area contributed by atoms with Crippen LogP contribution >= 0.6 is 24.0 Å². The summed E-state index contributed by atoms with van der Waals surface area (Å²) in [4.78, 5) is 4.82. The van der Waals surface area contributed by atoms with Crippen LogP contribution in [0.1, 0.15) is 40.9 Å². The molecule has 0 saturated carbocycles. The first-order valence-electron chi connectivity index (χ1n) is 10.2. The van der Waals surface area contributed by atoms with E-state index in [9.17, 15) is 0 Å². The maximum atomic E-state index is 4.82. The van der Waals surface area contributed by atoms with Gasteiger partial charge in [-0.2, -0.15) is 5.10 Å². The van der Waals surface area contributed by atoms with Crippen molar-refractivity contribution in [2.75, 3.05) is 13.1 Å². The van der Waals surface area contributed by atoms with Gasteiger partial charge in [-0.15, -0.1) is 24.0 Å². The topological polar surface area (TPSA) is 54.2 Å². The number of nitrogens with zero attached hydrogens (tertiary/aromatic N) is 3. The summed E-state index contributed by atoms with van der Waals surface area (Å²) in [5.74, 6) is 1.08. The number of nitrogens with one attached hydrogen (secondary N) is 2. The number of aromatic nitrogens is 2. The summed E-state index contributed by atoms with van der Waals surface area (Å²) in [6.07, 6.45) is 0. The van der Waals surface area contributed by atoms with E-state index in [2.05, 4.69) is 90.2 Å². The van der Waals surface area contributed by atoms with Crippen LogP contribution in [0.5, 0.6) is 0 Å². The van der Waals surface area contributed by atoms with Gasteiger partial charge in [0.25, 0.3) is 0 Å². The van der Waals surface area contributed by atoms with Gasteiger partial charge in [-0.25, -0.2) is 4.99 Å². The molecular weight excluding hydrogens is 485 g/mol. The van der Waals surface area contributed by atoms with Crippen LogP contribution in [0, 0.1) is 13.8 Å². The van der Waals surface area contributed by atoms with E-state index in [1.807, 2.05) is 18.7 Å².